The molecule has 2 N–H and O–H groups in total. The molecule has 0 aliphatic heterocycles. The summed E-state index contributed by atoms with van der Waals surface area (Å²) in [5.41, 5.74) is 7.16. The van der Waals surface area contributed by atoms with Gasteiger partial charge in [0.05, 0.1) is 6.07 Å². The van der Waals surface area contributed by atoms with Crippen LogP contribution >= 0.6 is 0 Å². The van der Waals surface area contributed by atoms with E-state index in [4.69, 9.17) is 11.0 Å². The molecular formula is C10H9N5. The minimum absolute atomic E-state index is 0.210. The van der Waals surface area contributed by atoms with Crippen LogP contribution in [0.4, 0.5) is 5.69 Å². The second-order valence-corrected chi connectivity index (χ2v) is 3.05. The monoisotopic (exact) mass is 199 g/mol. The molecule has 0 fully saturated rings. The van der Waals surface area contributed by atoms with Crippen molar-refractivity contribution in [2.24, 2.45) is 0 Å². The van der Waals surface area contributed by atoms with E-state index in [0.717, 1.165) is 5.56 Å². The zero-order chi connectivity index (χ0) is 10.7. The van der Waals surface area contributed by atoms with Crippen LogP contribution < -0.4 is 5.73 Å². The molecule has 5 nitrogen and oxygen atoms in total. The van der Waals surface area contributed by atoms with Gasteiger partial charge in [0.25, 0.3) is 0 Å². The molecule has 0 amide bonds. The quantitative estimate of drug-likeness (QED) is 0.733. The molecule has 2 aromatic rings. The van der Waals surface area contributed by atoms with Gasteiger partial charge in [-0.2, -0.15) is 5.26 Å². The van der Waals surface area contributed by atoms with Gasteiger partial charge in [0.2, 0.25) is 0 Å². The first-order chi connectivity index (χ1) is 7.29. The molecule has 1 heterocycles. The van der Waals surface area contributed by atoms with E-state index in [0.29, 0.717) is 11.5 Å². The summed E-state index contributed by atoms with van der Waals surface area (Å²) < 4.78 is 1.49. The van der Waals surface area contributed by atoms with Gasteiger partial charge in [-0.3, -0.25) is 0 Å². The number of hydrogen-bond donors (Lipinski definition) is 1. The van der Waals surface area contributed by atoms with Crippen molar-refractivity contribution in [2.45, 2.75) is 6.54 Å². The van der Waals surface area contributed by atoms with E-state index < -0.39 is 0 Å². The first kappa shape index (κ1) is 9.21. The zero-order valence-corrected chi connectivity index (χ0v) is 7.96. The van der Waals surface area contributed by atoms with Crippen molar-refractivity contribution in [3.8, 4) is 17.5 Å². The van der Waals surface area contributed by atoms with Crippen molar-refractivity contribution in [3.05, 3.63) is 30.6 Å². The standard InChI is InChI=1S/C10H9N5/c11-5-6-15-7-13-10(14-15)8-1-3-9(12)4-2-8/h1-4,7H,6,12H2. The molecule has 1 aromatic heterocycles. The van der Waals surface area contributed by atoms with E-state index in [2.05, 4.69) is 10.1 Å². The van der Waals surface area contributed by atoms with E-state index in [1.54, 1.807) is 12.1 Å². The van der Waals surface area contributed by atoms with Crippen LogP contribution in [0.3, 0.4) is 0 Å². The molecule has 15 heavy (non-hydrogen) atoms. The molecule has 5 heteroatoms. The summed E-state index contributed by atoms with van der Waals surface area (Å²) in [7, 11) is 0. The van der Waals surface area contributed by atoms with Crippen LogP contribution in [-0.2, 0) is 6.54 Å². The van der Waals surface area contributed by atoms with E-state index in [9.17, 15) is 0 Å². The topological polar surface area (TPSA) is 80.5 Å². The van der Waals surface area contributed by atoms with Crippen LogP contribution in [0.1, 0.15) is 0 Å². The van der Waals surface area contributed by atoms with Crippen LogP contribution in [0.2, 0.25) is 0 Å². The molecule has 0 radical (unpaired) electrons. The van der Waals surface area contributed by atoms with Gasteiger partial charge in [-0.25, -0.2) is 9.67 Å². The lowest BCUT2D eigenvalue weighted by molar-refractivity contribution is 0.710. The Balaban J connectivity index is 2.30. The summed E-state index contributed by atoms with van der Waals surface area (Å²) in [5.74, 6) is 0.602. The van der Waals surface area contributed by atoms with Crippen molar-refractivity contribution < 1.29 is 0 Å². The third kappa shape index (κ3) is 1.94. The Labute approximate surface area is 86.8 Å². The molecule has 0 aliphatic carbocycles. The first-order valence-corrected chi connectivity index (χ1v) is 4.42. The van der Waals surface area contributed by atoms with Crippen LogP contribution in [0.15, 0.2) is 30.6 Å². The molecule has 0 saturated carbocycles. The fourth-order valence-corrected chi connectivity index (χ4v) is 1.21. The maximum absolute atomic E-state index is 8.48. The summed E-state index contributed by atoms with van der Waals surface area (Å²) in [6.07, 6.45) is 1.54. The Hall–Kier alpha value is -2.35. The van der Waals surface area contributed by atoms with Gasteiger partial charge in [0.15, 0.2) is 5.82 Å². The second kappa shape index (κ2) is 3.80. The Bertz CT molecular complexity index is 491. The average Bonchev–Trinajstić information content (AvgIpc) is 2.68. The van der Waals surface area contributed by atoms with E-state index in [1.807, 2.05) is 18.2 Å². The SMILES string of the molecule is N#CCn1cnc(-c2ccc(N)cc2)n1. The van der Waals surface area contributed by atoms with Gasteiger partial charge in [-0.05, 0) is 24.3 Å². The lowest BCUT2D eigenvalue weighted by atomic mass is 10.2. The summed E-state index contributed by atoms with van der Waals surface area (Å²) in [6, 6.07) is 9.28. The number of nitrogens with zero attached hydrogens (tertiary/aromatic N) is 4. The van der Waals surface area contributed by atoms with Gasteiger partial charge in [0, 0.05) is 11.3 Å². The lowest BCUT2D eigenvalue weighted by Gasteiger charge is -1.95. The Morgan fingerprint density at radius 2 is 2.07 bits per heavy atom. The number of benzene rings is 1. The first-order valence-electron chi connectivity index (χ1n) is 4.42. The third-order valence-corrected chi connectivity index (χ3v) is 1.94. The Morgan fingerprint density at radius 3 is 2.73 bits per heavy atom. The average molecular weight is 199 g/mol. The summed E-state index contributed by atoms with van der Waals surface area (Å²) >= 11 is 0. The van der Waals surface area contributed by atoms with Crippen molar-refractivity contribution in [1.29, 1.82) is 5.26 Å². The van der Waals surface area contributed by atoms with Crippen molar-refractivity contribution in [1.82, 2.24) is 14.8 Å². The van der Waals surface area contributed by atoms with Crippen LogP contribution in [-0.4, -0.2) is 14.8 Å². The van der Waals surface area contributed by atoms with Gasteiger partial charge in [-0.15, -0.1) is 5.10 Å². The minimum atomic E-state index is 0.210. The number of anilines is 1. The van der Waals surface area contributed by atoms with Crippen LogP contribution in [0.25, 0.3) is 11.4 Å². The Kier molecular flexibility index (Phi) is 2.33. The van der Waals surface area contributed by atoms with Gasteiger partial charge >= 0.3 is 0 Å². The molecule has 0 spiro atoms. The van der Waals surface area contributed by atoms with Crippen molar-refractivity contribution in [2.75, 3.05) is 5.73 Å². The number of rotatable bonds is 2. The highest BCUT2D eigenvalue weighted by Gasteiger charge is 2.02. The third-order valence-electron chi connectivity index (χ3n) is 1.94. The van der Waals surface area contributed by atoms with E-state index in [-0.39, 0.29) is 6.54 Å². The maximum Gasteiger partial charge on any atom is 0.181 e. The molecular weight excluding hydrogens is 190 g/mol. The smallest absolute Gasteiger partial charge is 0.181 e. The predicted molar refractivity (Wildman–Crippen MR) is 55.5 cm³/mol. The molecule has 0 aliphatic rings. The van der Waals surface area contributed by atoms with Crippen molar-refractivity contribution in [3.63, 3.8) is 0 Å². The molecule has 0 saturated heterocycles. The maximum atomic E-state index is 8.48. The predicted octanol–water partition coefficient (Wildman–Crippen LogP) is 1.05. The fraction of sp³-hybridized carbons (Fsp3) is 0.100. The van der Waals surface area contributed by atoms with Crippen molar-refractivity contribution >= 4 is 5.69 Å². The normalized spacial score (nSPS) is 9.80. The number of aromatic nitrogens is 3. The van der Waals surface area contributed by atoms with Crippen LogP contribution in [0, 0.1) is 11.3 Å². The number of nitrogen functional groups attached to an aromatic ring is 1. The molecule has 0 unspecified atom stereocenters. The summed E-state index contributed by atoms with van der Waals surface area (Å²) in [5, 5.41) is 12.6. The highest BCUT2D eigenvalue weighted by atomic mass is 15.3. The number of nitrogens with two attached hydrogens (primary N) is 1. The second-order valence-electron chi connectivity index (χ2n) is 3.05. The van der Waals surface area contributed by atoms with E-state index in [1.165, 1.54) is 11.0 Å². The molecule has 74 valence electrons. The number of hydrogen-bond acceptors (Lipinski definition) is 4. The highest BCUT2D eigenvalue weighted by Crippen LogP contribution is 2.15. The molecule has 2 rings (SSSR count). The zero-order valence-electron chi connectivity index (χ0n) is 7.96. The van der Waals surface area contributed by atoms with Gasteiger partial charge in [-0.1, -0.05) is 0 Å². The highest BCUT2D eigenvalue weighted by molar-refractivity contribution is 5.57. The van der Waals surface area contributed by atoms with Gasteiger partial charge in [0.1, 0.15) is 12.9 Å². The van der Waals surface area contributed by atoms with E-state index >= 15 is 0 Å². The molecule has 0 atom stereocenters. The molecule has 0 bridgehead atoms. The van der Waals surface area contributed by atoms with Crippen LogP contribution in [0.5, 0.6) is 0 Å². The fourth-order valence-electron chi connectivity index (χ4n) is 1.21. The number of nitriles is 1. The summed E-state index contributed by atoms with van der Waals surface area (Å²) in [6.45, 7) is 0.210. The summed E-state index contributed by atoms with van der Waals surface area (Å²) in [4.78, 5) is 4.09. The lowest BCUT2D eigenvalue weighted by Crippen LogP contribution is -1.95. The minimum Gasteiger partial charge on any atom is -0.399 e. The Morgan fingerprint density at radius 1 is 1.33 bits per heavy atom. The van der Waals surface area contributed by atoms with Gasteiger partial charge < -0.3 is 5.73 Å². The molecule has 1 aromatic carbocycles. The largest absolute Gasteiger partial charge is 0.399 e.